The number of aromatic nitrogens is 5. The van der Waals surface area contributed by atoms with E-state index >= 15 is 0 Å². The molecule has 25 heavy (non-hydrogen) atoms. The second-order valence-corrected chi connectivity index (χ2v) is 6.82. The van der Waals surface area contributed by atoms with Gasteiger partial charge in [-0.15, -0.1) is 0 Å². The first kappa shape index (κ1) is 14.6. The number of hydrogen-bond acceptors (Lipinski definition) is 6. The summed E-state index contributed by atoms with van der Waals surface area (Å²) in [5, 5.41) is 8.38. The van der Waals surface area contributed by atoms with Gasteiger partial charge in [0.25, 0.3) is 5.91 Å². The maximum Gasteiger partial charge on any atom is 0.259 e. The van der Waals surface area contributed by atoms with Crippen LogP contribution in [-0.4, -0.2) is 42.1 Å². The number of carbonyl (C=O) groups is 1. The van der Waals surface area contributed by atoms with Crippen LogP contribution in [0.25, 0.3) is 5.65 Å². The largest absolute Gasteiger partial charge is 0.339 e. The van der Waals surface area contributed by atoms with Crippen molar-refractivity contribution in [3.63, 3.8) is 0 Å². The van der Waals surface area contributed by atoms with Gasteiger partial charge in [-0.25, -0.2) is 9.50 Å². The fraction of sp³-hybridized carbons (Fsp3) is 0.471. The lowest BCUT2D eigenvalue weighted by Crippen LogP contribution is -2.31. The van der Waals surface area contributed by atoms with Crippen LogP contribution in [0, 0.1) is 6.92 Å². The van der Waals surface area contributed by atoms with Crippen LogP contribution in [0.1, 0.15) is 65.4 Å². The summed E-state index contributed by atoms with van der Waals surface area (Å²) in [5.41, 5.74) is 1.95. The Balaban J connectivity index is 1.47. The first-order valence-electron chi connectivity index (χ1n) is 8.66. The number of carbonyl (C=O) groups excluding carboxylic acids is 1. The molecular formula is C17H18N6O2. The number of fused-ring (bicyclic) bond motifs is 1. The summed E-state index contributed by atoms with van der Waals surface area (Å²) in [6, 6.07) is 1.73. The molecule has 2 fully saturated rings. The molecule has 1 saturated heterocycles. The summed E-state index contributed by atoms with van der Waals surface area (Å²) >= 11 is 0. The van der Waals surface area contributed by atoms with Crippen LogP contribution in [0.3, 0.4) is 0 Å². The summed E-state index contributed by atoms with van der Waals surface area (Å²) in [5.74, 6) is 1.67. The van der Waals surface area contributed by atoms with Gasteiger partial charge < -0.3 is 9.42 Å². The topological polar surface area (TPSA) is 89.4 Å². The van der Waals surface area contributed by atoms with E-state index in [9.17, 15) is 4.79 Å². The molecule has 0 aromatic carbocycles. The van der Waals surface area contributed by atoms with Gasteiger partial charge in [-0.1, -0.05) is 5.16 Å². The molecule has 3 aromatic heterocycles. The highest BCUT2D eigenvalue weighted by Crippen LogP contribution is 2.40. The van der Waals surface area contributed by atoms with E-state index in [1.54, 1.807) is 10.7 Å². The van der Waals surface area contributed by atoms with E-state index in [-0.39, 0.29) is 11.9 Å². The van der Waals surface area contributed by atoms with E-state index in [1.807, 2.05) is 24.1 Å². The highest BCUT2D eigenvalue weighted by molar-refractivity contribution is 6.00. The third-order valence-corrected chi connectivity index (χ3v) is 4.93. The Morgan fingerprint density at radius 2 is 2.16 bits per heavy atom. The van der Waals surface area contributed by atoms with Crippen LogP contribution in [-0.2, 0) is 0 Å². The average molecular weight is 338 g/mol. The molecule has 8 nitrogen and oxygen atoms in total. The predicted octanol–water partition coefficient (Wildman–Crippen LogP) is 2.28. The predicted molar refractivity (Wildman–Crippen MR) is 87.0 cm³/mol. The van der Waals surface area contributed by atoms with Gasteiger partial charge in [-0.05, 0) is 38.7 Å². The number of amides is 1. The van der Waals surface area contributed by atoms with Crippen molar-refractivity contribution in [2.45, 2.75) is 44.6 Å². The SMILES string of the molecule is Cc1ccn2ncc(C(=O)N3CCCC3c3noc(C4CC4)n3)c2n1. The van der Waals surface area contributed by atoms with Crippen molar-refractivity contribution in [1.82, 2.24) is 29.6 Å². The molecule has 1 aliphatic heterocycles. The molecular weight excluding hydrogens is 320 g/mol. The van der Waals surface area contributed by atoms with Crippen LogP contribution in [0.5, 0.6) is 0 Å². The quantitative estimate of drug-likeness (QED) is 0.728. The summed E-state index contributed by atoms with van der Waals surface area (Å²) in [6.07, 6.45) is 7.41. The molecule has 1 aliphatic carbocycles. The minimum absolute atomic E-state index is 0.0756. The molecule has 0 N–H and O–H groups in total. The van der Waals surface area contributed by atoms with E-state index in [0.717, 1.165) is 31.4 Å². The highest BCUT2D eigenvalue weighted by atomic mass is 16.5. The van der Waals surface area contributed by atoms with Crippen LogP contribution >= 0.6 is 0 Å². The van der Waals surface area contributed by atoms with Crippen molar-refractivity contribution in [3.05, 3.63) is 41.4 Å². The summed E-state index contributed by atoms with van der Waals surface area (Å²) < 4.78 is 7.01. The van der Waals surface area contributed by atoms with Crippen molar-refractivity contribution in [2.75, 3.05) is 6.54 Å². The maximum absolute atomic E-state index is 13.1. The zero-order valence-electron chi connectivity index (χ0n) is 13.9. The van der Waals surface area contributed by atoms with E-state index in [1.165, 1.54) is 0 Å². The van der Waals surface area contributed by atoms with Crippen molar-refractivity contribution >= 4 is 11.6 Å². The third-order valence-electron chi connectivity index (χ3n) is 4.93. The molecule has 1 saturated carbocycles. The number of rotatable bonds is 3. The van der Waals surface area contributed by atoms with Gasteiger partial charge >= 0.3 is 0 Å². The van der Waals surface area contributed by atoms with Crippen LogP contribution in [0.2, 0.25) is 0 Å². The van der Waals surface area contributed by atoms with Gasteiger partial charge in [0, 0.05) is 24.4 Å². The second kappa shape index (κ2) is 5.37. The first-order chi connectivity index (χ1) is 12.2. The molecule has 0 bridgehead atoms. The Morgan fingerprint density at radius 1 is 1.28 bits per heavy atom. The zero-order valence-corrected chi connectivity index (χ0v) is 13.9. The van der Waals surface area contributed by atoms with Crippen LogP contribution in [0.15, 0.2) is 23.0 Å². The molecule has 8 heteroatoms. The van der Waals surface area contributed by atoms with Gasteiger partial charge in [0.05, 0.1) is 12.2 Å². The third kappa shape index (κ3) is 2.40. The first-order valence-corrected chi connectivity index (χ1v) is 8.66. The number of likely N-dealkylation sites (tertiary alicyclic amines) is 1. The fourth-order valence-corrected chi connectivity index (χ4v) is 3.42. The molecule has 1 atom stereocenters. The van der Waals surface area contributed by atoms with E-state index in [0.29, 0.717) is 35.4 Å². The standard InChI is InChI=1S/C17H18N6O2/c1-10-6-8-23-15(19-10)12(9-18-23)17(24)22-7-2-3-13(22)14-20-16(25-21-14)11-4-5-11/h6,8-9,11,13H,2-5,7H2,1H3. The van der Waals surface area contributed by atoms with Gasteiger partial charge in [0.15, 0.2) is 11.5 Å². The summed E-state index contributed by atoms with van der Waals surface area (Å²) in [4.78, 5) is 23.9. The van der Waals surface area contributed by atoms with Gasteiger partial charge in [0.1, 0.15) is 5.56 Å². The van der Waals surface area contributed by atoms with Crippen LogP contribution in [0.4, 0.5) is 0 Å². The molecule has 4 heterocycles. The van der Waals surface area contributed by atoms with Crippen molar-refractivity contribution < 1.29 is 9.32 Å². The Bertz CT molecular complexity index is 957. The number of hydrogen-bond donors (Lipinski definition) is 0. The zero-order chi connectivity index (χ0) is 17.0. The van der Waals surface area contributed by atoms with E-state index in [2.05, 4.69) is 20.2 Å². The molecule has 2 aliphatic rings. The minimum Gasteiger partial charge on any atom is -0.339 e. The Kier molecular flexibility index (Phi) is 3.13. The van der Waals surface area contributed by atoms with Gasteiger partial charge in [-0.2, -0.15) is 10.1 Å². The van der Waals surface area contributed by atoms with E-state index in [4.69, 9.17) is 4.52 Å². The minimum atomic E-state index is -0.136. The van der Waals surface area contributed by atoms with Gasteiger partial charge in [0.2, 0.25) is 5.89 Å². The summed E-state index contributed by atoms with van der Waals surface area (Å²) in [7, 11) is 0. The smallest absolute Gasteiger partial charge is 0.259 e. The summed E-state index contributed by atoms with van der Waals surface area (Å²) in [6.45, 7) is 2.58. The number of aryl methyl sites for hydroxylation is 1. The highest BCUT2D eigenvalue weighted by Gasteiger charge is 2.37. The molecule has 0 radical (unpaired) electrons. The molecule has 0 spiro atoms. The normalized spacial score (nSPS) is 20.5. The van der Waals surface area contributed by atoms with E-state index < -0.39 is 0 Å². The molecule has 1 unspecified atom stereocenters. The van der Waals surface area contributed by atoms with Crippen molar-refractivity contribution in [2.24, 2.45) is 0 Å². The molecule has 1 amide bonds. The fourth-order valence-electron chi connectivity index (χ4n) is 3.42. The lowest BCUT2D eigenvalue weighted by molar-refractivity contribution is 0.0730. The maximum atomic E-state index is 13.1. The lowest BCUT2D eigenvalue weighted by Gasteiger charge is -2.21. The average Bonchev–Trinajstić information content (AvgIpc) is 3.04. The lowest BCUT2D eigenvalue weighted by atomic mass is 10.2. The molecule has 128 valence electrons. The monoisotopic (exact) mass is 338 g/mol. The Hall–Kier alpha value is -2.77. The molecule has 5 rings (SSSR count). The molecule has 3 aromatic rings. The van der Waals surface area contributed by atoms with Crippen molar-refractivity contribution in [3.8, 4) is 0 Å². The van der Waals surface area contributed by atoms with Crippen molar-refractivity contribution in [1.29, 1.82) is 0 Å². The second-order valence-electron chi connectivity index (χ2n) is 6.82. The Morgan fingerprint density at radius 3 is 3.00 bits per heavy atom. The Labute approximate surface area is 143 Å². The van der Waals surface area contributed by atoms with Crippen LogP contribution < -0.4 is 0 Å². The number of nitrogens with zero attached hydrogens (tertiary/aromatic N) is 6. The van der Waals surface area contributed by atoms with Gasteiger partial charge in [-0.3, -0.25) is 4.79 Å².